The van der Waals surface area contributed by atoms with Crippen LogP contribution in [-0.2, 0) is 17.8 Å². The van der Waals surface area contributed by atoms with E-state index in [1.54, 1.807) is 4.90 Å². The first-order valence-electron chi connectivity index (χ1n) is 6.37. The fraction of sp³-hybridized carbons (Fsp3) is 0.188. The molecule has 0 spiro atoms. The number of carbonyl (C=O) groups is 1. The molecule has 0 aliphatic heterocycles. The Bertz CT molecular complexity index is 596. The number of rotatable bonds is 4. The molecule has 1 amide bonds. The van der Waals surface area contributed by atoms with E-state index in [1.807, 2.05) is 55.6 Å². The Labute approximate surface area is 127 Å². The number of amides is 1. The zero-order valence-corrected chi connectivity index (χ0v) is 12.9. The smallest absolute Gasteiger partial charge is 0.227 e. The van der Waals surface area contributed by atoms with Crippen molar-refractivity contribution in [3.63, 3.8) is 0 Å². The van der Waals surface area contributed by atoms with Gasteiger partial charge >= 0.3 is 0 Å². The quantitative estimate of drug-likeness (QED) is 0.873. The molecule has 0 saturated heterocycles. The molecule has 0 heterocycles. The lowest BCUT2D eigenvalue weighted by Gasteiger charge is -2.17. The number of anilines is 1. The largest absolute Gasteiger partial charge is 0.399 e. The van der Waals surface area contributed by atoms with Gasteiger partial charge in [-0.25, -0.2) is 0 Å². The summed E-state index contributed by atoms with van der Waals surface area (Å²) in [7, 11) is 1.82. The van der Waals surface area contributed by atoms with Gasteiger partial charge in [-0.2, -0.15) is 0 Å². The standard InChI is InChI=1S/C16H17BrN2O/c1-19(11-13-3-2-4-14(17)9-13)16(20)10-12-5-7-15(18)8-6-12/h2-9H,10-11,18H2,1H3. The van der Waals surface area contributed by atoms with Crippen molar-refractivity contribution < 1.29 is 4.79 Å². The van der Waals surface area contributed by atoms with Crippen molar-refractivity contribution in [1.82, 2.24) is 4.90 Å². The summed E-state index contributed by atoms with van der Waals surface area (Å²) < 4.78 is 1.02. The molecule has 0 fully saturated rings. The number of halogens is 1. The summed E-state index contributed by atoms with van der Waals surface area (Å²) >= 11 is 3.43. The van der Waals surface area contributed by atoms with Crippen molar-refractivity contribution in [2.75, 3.05) is 12.8 Å². The number of carbonyl (C=O) groups excluding carboxylic acids is 1. The molecule has 0 aliphatic rings. The van der Waals surface area contributed by atoms with Gasteiger partial charge in [-0.05, 0) is 35.4 Å². The molecule has 4 heteroatoms. The maximum atomic E-state index is 12.2. The van der Waals surface area contributed by atoms with Crippen molar-refractivity contribution in [2.24, 2.45) is 0 Å². The van der Waals surface area contributed by atoms with Gasteiger partial charge in [0.2, 0.25) is 5.91 Å². The third-order valence-corrected chi connectivity index (χ3v) is 3.56. The molecule has 3 nitrogen and oxygen atoms in total. The molecule has 2 aromatic carbocycles. The van der Waals surface area contributed by atoms with Crippen LogP contribution < -0.4 is 5.73 Å². The Morgan fingerprint density at radius 1 is 1.15 bits per heavy atom. The van der Waals surface area contributed by atoms with Crippen LogP contribution in [0.1, 0.15) is 11.1 Å². The van der Waals surface area contributed by atoms with Gasteiger partial charge in [-0.3, -0.25) is 4.79 Å². The number of likely N-dealkylation sites (N-methyl/N-ethyl adjacent to an activating group) is 1. The van der Waals surface area contributed by atoms with E-state index in [2.05, 4.69) is 15.9 Å². The SMILES string of the molecule is CN(Cc1cccc(Br)c1)C(=O)Cc1ccc(N)cc1. The zero-order valence-electron chi connectivity index (χ0n) is 11.3. The third kappa shape index (κ3) is 4.10. The molecule has 0 unspecified atom stereocenters. The van der Waals surface area contributed by atoms with Crippen LogP contribution in [0.2, 0.25) is 0 Å². The average Bonchev–Trinajstić information content (AvgIpc) is 2.41. The van der Waals surface area contributed by atoms with Crippen molar-refractivity contribution in [2.45, 2.75) is 13.0 Å². The monoisotopic (exact) mass is 332 g/mol. The Kier molecular flexibility index (Phi) is 4.79. The zero-order chi connectivity index (χ0) is 14.5. The Hall–Kier alpha value is -1.81. The lowest BCUT2D eigenvalue weighted by atomic mass is 10.1. The number of hydrogen-bond acceptors (Lipinski definition) is 2. The first kappa shape index (κ1) is 14.6. The number of nitrogens with zero attached hydrogens (tertiary/aromatic N) is 1. The van der Waals surface area contributed by atoms with E-state index in [-0.39, 0.29) is 5.91 Å². The molecule has 2 aromatic rings. The Morgan fingerprint density at radius 2 is 1.85 bits per heavy atom. The molecule has 0 atom stereocenters. The maximum absolute atomic E-state index is 12.2. The Morgan fingerprint density at radius 3 is 2.50 bits per heavy atom. The number of benzene rings is 2. The van der Waals surface area contributed by atoms with Gasteiger partial charge in [0.05, 0.1) is 6.42 Å². The van der Waals surface area contributed by atoms with Crippen LogP contribution in [0, 0.1) is 0 Å². The summed E-state index contributed by atoms with van der Waals surface area (Å²) in [6.45, 7) is 0.604. The molecule has 0 saturated carbocycles. The summed E-state index contributed by atoms with van der Waals surface area (Å²) in [5, 5.41) is 0. The molecule has 0 radical (unpaired) electrons. The highest BCUT2D eigenvalue weighted by Gasteiger charge is 2.10. The molecule has 0 aliphatic carbocycles. The lowest BCUT2D eigenvalue weighted by molar-refractivity contribution is -0.129. The summed E-state index contributed by atoms with van der Waals surface area (Å²) in [5.74, 6) is 0.0924. The van der Waals surface area contributed by atoms with Gasteiger partial charge in [-0.15, -0.1) is 0 Å². The second-order valence-corrected chi connectivity index (χ2v) is 5.71. The number of hydrogen-bond donors (Lipinski definition) is 1. The molecule has 2 N–H and O–H groups in total. The van der Waals surface area contributed by atoms with E-state index in [0.29, 0.717) is 18.7 Å². The van der Waals surface area contributed by atoms with Gasteiger partial charge in [0.25, 0.3) is 0 Å². The first-order valence-corrected chi connectivity index (χ1v) is 7.17. The maximum Gasteiger partial charge on any atom is 0.227 e. The van der Waals surface area contributed by atoms with E-state index in [4.69, 9.17) is 5.73 Å². The highest BCUT2D eigenvalue weighted by atomic mass is 79.9. The predicted octanol–water partition coefficient (Wildman–Crippen LogP) is 3.23. The fourth-order valence-electron chi connectivity index (χ4n) is 1.94. The van der Waals surface area contributed by atoms with E-state index in [1.165, 1.54) is 0 Å². The van der Waals surface area contributed by atoms with Crippen LogP contribution in [0.15, 0.2) is 53.0 Å². The number of nitrogens with two attached hydrogens (primary N) is 1. The van der Waals surface area contributed by atoms with Crippen LogP contribution in [0.5, 0.6) is 0 Å². The van der Waals surface area contributed by atoms with Gasteiger partial charge in [0, 0.05) is 23.8 Å². The van der Waals surface area contributed by atoms with Crippen molar-refractivity contribution >= 4 is 27.5 Å². The topological polar surface area (TPSA) is 46.3 Å². The highest BCUT2D eigenvalue weighted by molar-refractivity contribution is 9.10. The number of nitrogen functional groups attached to an aromatic ring is 1. The summed E-state index contributed by atoms with van der Waals surface area (Å²) in [6.07, 6.45) is 0.394. The lowest BCUT2D eigenvalue weighted by Crippen LogP contribution is -2.27. The molecule has 0 bridgehead atoms. The van der Waals surface area contributed by atoms with Crippen molar-refractivity contribution in [3.05, 3.63) is 64.1 Å². The molecule has 104 valence electrons. The van der Waals surface area contributed by atoms with E-state index in [9.17, 15) is 4.79 Å². The Balaban J connectivity index is 1.96. The first-order chi connectivity index (χ1) is 9.54. The molecule has 2 rings (SSSR count). The van der Waals surface area contributed by atoms with Crippen LogP contribution in [0.4, 0.5) is 5.69 Å². The van der Waals surface area contributed by atoms with E-state index < -0.39 is 0 Å². The molecule has 20 heavy (non-hydrogen) atoms. The molecule has 0 aromatic heterocycles. The van der Waals surface area contributed by atoms with Crippen LogP contribution in [-0.4, -0.2) is 17.9 Å². The highest BCUT2D eigenvalue weighted by Crippen LogP contribution is 2.14. The minimum Gasteiger partial charge on any atom is -0.399 e. The van der Waals surface area contributed by atoms with Gasteiger partial charge in [0.1, 0.15) is 0 Å². The van der Waals surface area contributed by atoms with Crippen LogP contribution >= 0.6 is 15.9 Å². The fourth-order valence-corrected chi connectivity index (χ4v) is 2.39. The normalized spacial score (nSPS) is 10.3. The van der Waals surface area contributed by atoms with Gasteiger partial charge in [0.15, 0.2) is 0 Å². The summed E-state index contributed by atoms with van der Waals surface area (Å²) in [4.78, 5) is 13.9. The van der Waals surface area contributed by atoms with Crippen LogP contribution in [0.3, 0.4) is 0 Å². The molecular weight excluding hydrogens is 316 g/mol. The second-order valence-electron chi connectivity index (χ2n) is 4.80. The van der Waals surface area contributed by atoms with Gasteiger partial charge in [-0.1, -0.05) is 40.2 Å². The van der Waals surface area contributed by atoms with Gasteiger partial charge < -0.3 is 10.6 Å². The van der Waals surface area contributed by atoms with Crippen molar-refractivity contribution in [3.8, 4) is 0 Å². The van der Waals surface area contributed by atoms with E-state index >= 15 is 0 Å². The minimum absolute atomic E-state index is 0.0924. The third-order valence-electron chi connectivity index (χ3n) is 3.07. The van der Waals surface area contributed by atoms with Crippen LogP contribution in [0.25, 0.3) is 0 Å². The second kappa shape index (κ2) is 6.57. The molecular formula is C16H17BrN2O. The van der Waals surface area contributed by atoms with Crippen molar-refractivity contribution in [1.29, 1.82) is 0 Å². The van der Waals surface area contributed by atoms with E-state index in [0.717, 1.165) is 15.6 Å². The summed E-state index contributed by atoms with van der Waals surface area (Å²) in [5.41, 5.74) is 8.43. The average molecular weight is 333 g/mol. The summed E-state index contributed by atoms with van der Waals surface area (Å²) in [6, 6.07) is 15.4. The minimum atomic E-state index is 0.0924. The predicted molar refractivity (Wildman–Crippen MR) is 85.2 cm³/mol.